The first-order valence-corrected chi connectivity index (χ1v) is 7.54. The number of hydrogen-bond acceptors (Lipinski definition) is 4. The van der Waals surface area contributed by atoms with Gasteiger partial charge in [0.2, 0.25) is 0 Å². The Morgan fingerprint density at radius 2 is 2.05 bits per heavy atom. The number of nitriles is 1. The molecular formula is C16H23FN4. The molecule has 1 N–H and O–H groups in total. The van der Waals surface area contributed by atoms with Gasteiger partial charge >= 0.3 is 0 Å². The molecule has 1 atom stereocenters. The SMILES string of the molecule is CCN1CCN([C@@H](C)CNc2ccc(F)cc2C#N)CC1. The average molecular weight is 290 g/mol. The molecule has 1 aromatic rings. The Morgan fingerprint density at radius 3 is 2.67 bits per heavy atom. The van der Waals surface area contributed by atoms with Gasteiger partial charge < -0.3 is 10.2 Å². The Labute approximate surface area is 126 Å². The van der Waals surface area contributed by atoms with Crippen molar-refractivity contribution in [1.82, 2.24) is 9.80 Å². The molecule has 0 bridgehead atoms. The number of nitrogens with zero attached hydrogens (tertiary/aromatic N) is 3. The summed E-state index contributed by atoms with van der Waals surface area (Å²) in [5.41, 5.74) is 1.07. The molecule has 0 unspecified atom stereocenters. The Hall–Kier alpha value is -1.64. The van der Waals surface area contributed by atoms with Gasteiger partial charge in [-0.3, -0.25) is 4.90 Å². The van der Waals surface area contributed by atoms with Gasteiger partial charge in [-0.15, -0.1) is 0 Å². The van der Waals surface area contributed by atoms with Crippen LogP contribution in [0.15, 0.2) is 18.2 Å². The Bertz CT molecular complexity index is 503. The zero-order valence-electron chi connectivity index (χ0n) is 12.8. The van der Waals surface area contributed by atoms with Gasteiger partial charge in [-0.1, -0.05) is 6.92 Å². The van der Waals surface area contributed by atoms with E-state index >= 15 is 0 Å². The lowest BCUT2D eigenvalue weighted by atomic mass is 10.1. The van der Waals surface area contributed by atoms with Crippen LogP contribution in [0.25, 0.3) is 0 Å². The molecule has 1 aromatic carbocycles. The lowest BCUT2D eigenvalue weighted by Gasteiger charge is -2.37. The molecule has 0 saturated carbocycles. The summed E-state index contributed by atoms with van der Waals surface area (Å²) >= 11 is 0. The van der Waals surface area contributed by atoms with Crippen LogP contribution < -0.4 is 5.32 Å². The third-order valence-electron chi connectivity index (χ3n) is 4.17. The van der Waals surface area contributed by atoms with Crippen LogP contribution in [-0.2, 0) is 0 Å². The van der Waals surface area contributed by atoms with E-state index in [4.69, 9.17) is 5.26 Å². The van der Waals surface area contributed by atoms with Crippen LogP contribution in [0.3, 0.4) is 0 Å². The van der Waals surface area contributed by atoms with Crippen molar-refractivity contribution in [3.05, 3.63) is 29.6 Å². The summed E-state index contributed by atoms with van der Waals surface area (Å²) in [4.78, 5) is 4.90. The highest BCUT2D eigenvalue weighted by atomic mass is 19.1. The summed E-state index contributed by atoms with van der Waals surface area (Å²) in [5.74, 6) is -0.374. The van der Waals surface area contributed by atoms with Crippen LogP contribution >= 0.6 is 0 Å². The lowest BCUT2D eigenvalue weighted by Crippen LogP contribution is -2.51. The van der Waals surface area contributed by atoms with Crippen molar-refractivity contribution in [2.75, 3.05) is 44.6 Å². The molecule has 0 spiro atoms. The molecule has 5 heteroatoms. The van der Waals surface area contributed by atoms with Gasteiger partial charge in [0, 0.05) is 38.8 Å². The first kappa shape index (κ1) is 15.7. The number of nitrogens with one attached hydrogen (secondary N) is 1. The van der Waals surface area contributed by atoms with Gasteiger partial charge in [0.1, 0.15) is 11.9 Å². The largest absolute Gasteiger partial charge is 0.382 e. The Morgan fingerprint density at radius 1 is 1.33 bits per heavy atom. The second-order valence-corrected chi connectivity index (χ2v) is 5.50. The van der Waals surface area contributed by atoms with Crippen molar-refractivity contribution in [3.63, 3.8) is 0 Å². The molecule has 0 radical (unpaired) electrons. The predicted molar refractivity (Wildman–Crippen MR) is 82.8 cm³/mol. The Kier molecular flexibility index (Phi) is 5.54. The van der Waals surface area contributed by atoms with Crippen molar-refractivity contribution >= 4 is 5.69 Å². The molecule has 1 fully saturated rings. The summed E-state index contributed by atoms with van der Waals surface area (Å²) in [6.07, 6.45) is 0. The molecule has 2 rings (SSSR count). The van der Waals surface area contributed by atoms with Gasteiger partial charge in [-0.2, -0.15) is 5.26 Å². The number of halogens is 1. The first-order chi connectivity index (χ1) is 10.1. The number of hydrogen-bond donors (Lipinski definition) is 1. The molecule has 0 amide bonds. The molecule has 21 heavy (non-hydrogen) atoms. The summed E-state index contributed by atoms with van der Waals surface area (Å²) in [6.45, 7) is 10.6. The normalized spacial score (nSPS) is 18.2. The number of rotatable bonds is 5. The predicted octanol–water partition coefficient (Wildman–Crippen LogP) is 2.14. The van der Waals surface area contributed by atoms with Crippen LogP contribution in [0, 0.1) is 17.1 Å². The molecule has 1 heterocycles. The van der Waals surface area contributed by atoms with E-state index in [1.165, 1.54) is 12.1 Å². The van der Waals surface area contributed by atoms with Crippen LogP contribution in [0.1, 0.15) is 19.4 Å². The third kappa shape index (κ3) is 4.16. The number of benzene rings is 1. The Balaban J connectivity index is 1.87. The lowest BCUT2D eigenvalue weighted by molar-refractivity contribution is 0.110. The first-order valence-electron chi connectivity index (χ1n) is 7.54. The maximum absolute atomic E-state index is 13.1. The van der Waals surface area contributed by atoms with Gasteiger partial charge in [-0.05, 0) is 31.7 Å². The highest BCUT2D eigenvalue weighted by molar-refractivity contribution is 5.57. The summed E-state index contributed by atoms with van der Waals surface area (Å²) in [5, 5.41) is 12.3. The monoisotopic (exact) mass is 290 g/mol. The van der Waals surface area contributed by atoms with Gasteiger partial charge in [0.25, 0.3) is 0 Å². The van der Waals surface area contributed by atoms with E-state index in [1.807, 2.05) is 6.07 Å². The van der Waals surface area contributed by atoms with E-state index in [2.05, 4.69) is 29.0 Å². The van der Waals surface area contributed by atoms with Crippen molar-refractivity contribution < 1.29 is 4.39 Å². The maximum Gasteiger partial charge on any atom is 0.124 e. The topological polar surface area (TPSA) is 42.3 Å². The van der Waals surface area contributed by atoms with E-state index in [-0.39, 0.29) is 5.82 Å². The average Bonchev–Trinajstić information content (AvgIpc) is 2.53. The van der Waals surface area contributed by atoms with Crippen molar-refractivity contribution in [1.29, 1.82) is 5.26 Å². The molecule has 1 aliphatic rings. The second kappa shape index (κ2) is 7.39. The molecule has 1 saturated heterocycles. The summed E-state index contributed by atoms with van der Waals surface area (Å²) < 4.78 is 13.1. The third-order valence-corrected chi connectivity index (χ3v) is 4.17. The van der Waals surface area contributed by atoms with E-state index in [0.717, 1.165) is 39.3 Å². The van der Waals surface area contributed by atoms with Crippen molar-refractivity contribution in [3.8, 4) is 6.07 Å². The van der Waals surface area contributed by atoms with Gasteiger partial charge in [-0.25, -0.2) is 4.39 Å². The minimum absolute atomic E-state index is 0.359. The van der Waals surface area contributed by atoms with E-state index < -0.39 is 0 Å². The van der Waals surface area contributed by atoms with Crippen molar-refractivity contribution in [2.24, 2.45) is 0 Å². The van der Waals surface area contributed by atoms with Crippen LogP contribution in [-0.4, -0.2) is 55.1 Å². The maximum atomic E-state index is 13.1. The molecular weight excluding hydrogens is 267 g/mol. The zero-order valence-corrected chi connectivity index (χ0v) is 12.8. The standard InChI is InChI=1S/C16H23FN4/c1-3-20-6-8-21(9-7-20)13(2)12-19-16-5-4-15(17)10-14(16)11-18/h4-5,10,13,19H,3,6-9,12H2,1-2H3/t13-/m0/s1. The number of likely N-dealkylation sites (N-methyl/N-ethyl adjacent to an activating group) is 1. The quantitative estimate of drug-likeness (QED) is 0.902. The highest BCUT2D eigenvalue weighted by Crippen LogP contribution is 2.16. The van der Waals surface area contributed by atoms with Crippen molar-refractivity contribution in [2.45, 2.75) is 19.9 Å². The minimum atomic E-state index is -0.374. The second-order valence-electron chi connectivity index (χ2n) is 5.50. The fourth-order valence-electron chi connectivity index (χ4n) is 2.67. The van der Waals surface area contributed by atoms with E-state index in [9.17, 15) is 4.39 Å². The smallest absolute Gasteiger partial charge is 0.124 e. The molecule has 4 nitrogen and oxygen atoms in total. The summed E-state index contributed by atoms with van der Waals surface area (Å²) in [6, 6.07) is 6.71. The van der Waals surface area contributed by atoms with Gasteiger partial charge in [0.05, 0.1) is 11.3 Å². The highest BCUT2D eigenvalue weighted by Gasteiger charge is 2.20. The zero-order chi connectivity index (χ0) is 15.2. The molecule has 0 aromatic heterocycles. The van der Waals surface area contributed by atoms with Gasteiger partial charge in [0.15, 0.2) is 0 Å². The fourth-order valence-corrected chi connectivity index (χ4v) is 2.67. The fraction of sp³-hybridized carbons (Fsp3) is 0.562. The number of piperazine rings is 1. The van der Waals surface area contributed by atoms with Crippen LogP contribution in [0.2, 0.25) is 0 Å². The van der Waals surface area contributed by atoms with Crippen LogP contribution in [0.4, 0.5) is 10.1 Å². The summed E-state index contributed by atoms with van der Waals surface area (Å²) in [7, 11) is 0. The number of anilines is 1. The van der Waals surface area contributed by atoms with Crippen LogP contribution in [0.5, 0.6) is 0 Å². The molecule has 0 aliphatic carbocycles. The minimum Gasteiger partial charge on any atom is -0.382 e. The molecule has 114 valence electrons. The molecule has 1 aliphatic heterocycles. The van der Waals surface area contributed by atoms with E-state index in [1.54, 1.807) is 6.07 Å². The van der Waals surface area contributed by atoms with E-state index in [0.29, 0.717) is 17.3 Å².